The normalized spacial score (nSPS) is 32.4. The van der Waals surface area contributed by atoms with E-state index >= 15 is 0 Å². The fourth-order valence-electron chi connectivity index (χ4n) is 1.30. The molecule has 0 spiro atoms. The topological polar surface area (TPSA) is 26.0 Å². The van der Waals surface area contributed by atoms with Crippen molar-refractivity contribution >= 4 is 11.6 Å². The molecule has 0 saturated carbocycles. The van der Waals surface area contributed by atoms with Crippen LogP contribution in [0.1, 0.15) is 20.3 Å². The molecule has 0 bridgehead atoms. The molecule has 0 radical (unpaired) electrons. The zero-order valence-electron chi connectivity index (χ0n) is 7.27. The van der Waals surface area contributed by atoms with E-state index in [0.717, 1.165) is 5.57 Å². The van der Waals surface area contributed by atoms with Crippen LogP contribution in [0.3, 0.4) is 0 Å². The van der Waals surface area contributed by atoms with Crippen LogP contribution in [0.15, 0.2) is 23.6 Å². The molecule has 1 nitrogen and oxygen atoms in total. The summed E-state index contributed by atoms with van der Waals surface area (Å²) in [5, 5.41) is 0. The minimum absolute atomic E-state index is 0.123. The summed E-state index contributed by atoms with van der Waals surface area (Å²) in [7, 11) is 0. The van der Waals surface area contributed by atoms with Crippen LogP contribution in [0.25, 0.3) is 0 Å². The van der Waals surface area contributed by atoms with E-state index in [1.165, 1.54) is 12.2 Å². The van der Waals surface area contributed by atoms with Crippen molar-refractivity contribution in [1.29, 1.82) is 0 Å². The van der Waals surface area contributed by atoms with Gasteiger partial charge in [0.1, 0.15) is 5.83 Å². The van der Waals surface area contributed by atoms with Crippen LogP contribution in [-0.2, 0) is 0 Å². The Morgan fingerprint density at radius 2 is 2.33 bits per heavy atom. The summed E-state index contributed by atoms with van der Waals surface area (Å²) in [5.41, 5.74) is 6.50. The minimum Gasteiger partial charge on any atom is -0.324 e. The van der Waals surface area contributed by atoms with E-state index in [9.17, 15) is 4.39 Å². The fourth-order valence-corrected chi connectivity index (χ4v) is 1.56. The molecular weight excluding hydrogens is 177 g/mol. The van der Waals surface area contributed by atoms with Crippen molar-refractivity contribution in [2.24, 2.45) is 5.73 Å². The highest BCUT2D eigenvalue weighted by atomic mass is 35.5. The molecule has 68 valence electrons. The minimum atomic E-state index is -0.609. The lowest BCUT2D eigenvalue weighted by molar-refractivity contribution is 0.602. The molecule has 2 N–H and O–H groups in total. The Balaban J connectivity index is 2.88. The molecule has 1 aliphatic carbocycles. The zero-order chi connectivity index (χ0) is 9.35. The van der Waals surface area contributed by atoms with Crippen LogP contribution in [-0.4, -0.2) is 10.9 Å². The van der Waals surface area contributed by atoms with Crippen LogP contribution in [0.2, 0.25) is 0 Å². The molecule has 12 heavy (non-hydrogen) atoms. The van der Waals surface area contributed by atoms with Crippen LogP contribution in [0.5, 0.6) is 0 Å². The number of hydrogen-bond donors (Lipinski definition) is 1. The monoisotopic (exact) mass is 189 g/mol. The van der Waals surface area contributed by atoms with E-state index in [1.807, 2.05) is 6.92 Å². The zero-order valence-corrected chi connectivity index (χ0v) is 8.03. The highest BCUT2D eigenvalue weighted by Crippen LogP contribution is 2.33. The first-order valence-corrected chi connectivity index (χ1v) is 4.32. The van der Waals surface area contributed by atoms with Gasteiger partial charge in [0.25, 0.3) is 0 Å². The van der Waals surface area contributed by atoms with E-state index < -0.39 is 4.87 Å². The van der Waals surface area contributed by atoms with E-state index in [2.05, 4.69) is 0 Å². The third-order valence-electron chi connectivity index (χ3n) is 1.90. The van der Waals surface area contributed by atoms with Gasteiger partial charge >= 0.3 is 0 Å². The second-order valence-electron chi connectivity index (χ2n) is 3.49. The summed E-state index contributed by atoms with van der Waals surface area (Å²) in [5.74, 6) is -0.286. The van der Waals surface area contributed by atoms with Crippen molar-refractivity contribution in [1.82, 2.24) is 0 Å². The third kappa shape index (κ3) is 2.32. The van der Waals surface area contributed by atoms with E-state index in [0.29, 0.717) is 6.42 Å². The van der Waals surface area contributed by atoms with Crippen LogP contribution >= 0.6 is 11.6 Å². The van der Waals surface area contributed by atoms with Crippen molar-refractivity contribution in [2.75, 3.05) is 0 Å². The van der Waals surface area contributed by atoms with Gasteiger partial charge in [0.15, 0.2) is 0 Å². The smallest absolute Gasteiger partial charge is 0.120 e. The lowest BCUT2D eigenvalue weighted by Crippen LogP contribution is -2.26. The maximum Gasteiger partial charge on any atom is 0.120 e. The Hall–Kier alpha value is -0.340. The molecule has 0 aliphatic heterocycles. The molecule has 0 saturated heterocycles. The predicted molar refractivity (Wildman–Crippen MR) is 49.8 cm³/mol. The van der Waals surface area contributed by atoms with Gasteiger partial charge in [0, 0.05) is 6.04 Å². The largest absolute Gasteiger partial charge is 0.324 e. The van der Waals surface area contributed by atoms with Gasteiger partial charge in [-0.25, -0.2) is 4.39 Å². The summed E-state index contributed by atoms with van der Waals surface area (Å²) in [4.78, 5) is -0.609. The molecule has 3 heteroatoms. The van der Waals surface area contributed by atoms with Gasteiger partial charge in [-0.05, 0) is 38.0 Å². The average molecular weight is 190 g/mol. The molecule has 1 aliphatic rings. The Bertz CT molecular complexity index is 241. The third-order valence-corrected chi connectivity index (χ3v) is 2.14. The number of hydrogen-bond acceptors (Lipinski definition) is 1. The molecule has 0 amide bonds. The van der Waals surface area contributed by atoms with E-state index in [-0.39, 0.29) is 11.9 Å². The number of nitrogens with two attached hydrogens (primary N) is 1. The summed E-state index contributed by atoms with van der Waals surface area (Å²) < 4.78 is 12.9. The molecule has 0 aromatic heterocycles. The second-order valence-corrected chi connectivity index (χ2v) is 4.36. The lowest BCUT2D eigenvalue weighted by atomic mass is 9.91. The molecule has 0 fully saturated rings. The van der Waals surface area contributed by atoms with Crippen molar-refractivity contribution in [2.45, 2.75) is 31.2 Å². The van der Waals surface area contributed by atoms with Gasteiger partial charge in [-0.1, -0.05) is 0 Å². The Kier molecular flexibility index (Phi) is 2.59. The Morgan fingerprint density at radius 1 is 1.75 bits per heavy atom. The summed E-state index contributed by atoms with van der Waals surface area (Å²) in [6, 6.07) is -0.123. The second kappa shape index (κ2) is 3.19. The summed E-state index contributed by atoms with van der Waals surface area (Å²) in [6.07, 6.45) is 3.51. The number of allylic oxidation sites excluding steroid dienone is 3. The highest BCUT2D eigenvalue weighted by molar-refractivity contribution is 6.25. The molecule has 0 heterocycles. The Labute approximate surface area is 77.1 Å². The van der Waals surface area contributed by atoms with Crippen LogP contribution < -0.4 is 5.73 Å². The van der Waals surface area contributed by atoms with Gasteiger partial charge in [0.05, 0.1) is 4.87 Å². The first kappa shape index (κ1) is 9.75. The van der Waals surface area contributed by atoms with E-state index in [1.54, 1.807) is 6.92 Å². The van der Waals surface area contributed by atoms with Crippen LogP contribution in [0.4, 0.5) is 4.39 Å². The molecular formula is C9H13ClFN. The van der Waals surface area contributed by atoms with Crippen molar-refractivity contribution in [3.63, 3.8) is 0 Å². The fraction of sp³-hybridized carbons (Fsp3) is 0.556. The number of halogens is 2. The molecule has 2 atom stereocenters. The number of rotatable bonds is 1. The van der Waals surface area contributed by atoms with Gasteiger partial charge in [0.2, 0.25) is 0 Å². The molecule has 0 aromatic carbocycles. The quantitative estimate of drug-likeness (QED) is 0.631. The highest BCUT2D eigenvalue weighted by Gasteiger charge is 2.25. The SMILES string of the molecule is CC(N)C1=CC(F)=CC(C)(Cl)C1. The van der Waals surface area contributed by atoms with Gasteiger partial charge in [-0.3, -0.25) is 0 Å². The maximum atomic E-state index is 12.9. The van der Waals surface area contributed by atoms with Gasteiger partial charge < -0.3 is 5.73 Å². The van der Waals surface area contributed by atoms with Crippen molar-refractivity contribution < 1.29 is 4.39 Å². The van der Waals surface area contributed by atoms with Crippen molar-refractivity contribution in [3.05, 3.63) is 23.6 Å². The predicted octanol–water partition coefficient (Wildman–Crippen LogP) is 2.51. The molecule has 0 aromatic rings. The first-order valence-electron chi connectivity index (χ1n) is 3.94. The summed E-state index contributed by atoms with van der Waals surface area (Å²) in [6.45, 7) is 3.61. The van der Waals surface area contributed by atoms with Gasteiger partial charge in [-0.2, -0.15) is 0 Å². The average Bonchev–Trinajstić information content (AvgIpc) is 1.82. The van der Waals surface area contributed by atoms with Crippen molar-refractivity contribution in [3.8, 4) is 0 Å². The molecule has 2 unspecified atom stereocenters. The maximum absolute atomic E-state index is 12.9. The standard InChI is InChI=1S/C9H13ClFN/c1-6(12)7-3-8(11)5-9(2,10)4-7/h3,5-6H,4,12H2,1-2H3. The lowest BCUT2D eigenvalue weighted by Gasteiger charge is -2.25. The molecule has 1 rings (SSSR count). The van der Waals surface area contributed by atoms with Gasteiger partial charge in [-0.15, -0.1) is 11.6 Å². The Morgan fingerprint density at radius 3 is 2.75 bits per heavy atom. The summed E-state index contributed by atoms with van der Waals surface area (Å²) >= 11 is 5.99. The van der Waals surface area contributed by atoms with Crippen LogP contribution in [0, 0.1) is 0 Å². The first-order chi connectivity index (χ1) is 5.41. The number of alkyl halides is 1. The van der Waals surface area contributed by atoms with E-state index in [4.69, 9.17) is 17.3 Å².